The maximum absolute atomic E-state index is 12.1. The monoisotopic (exact) mass is 320 g/mol. The van der Waals surface area contributed by atoms with Gasteiger partial charge < -0.3 is 11.1 Å². The SMILES string of the molecule is CNC(=O)C(C)S(=O)(=O)c1cc(Br)ccc1N. The summed E-state index contributed by atoms with van der Waals surface area (Å²) in [6, 6.07) is 4.51. The van der Waals surface area contributed by atoms with Crippen LogP contribution in [0.2, 0.25) is 0 Å². The molecule has 0 heterocycles. The molecule has 1 unspecified atom stereocenters. The number of carbonyl (C=O) groups is 1. The highest BCUT2D eigenvalue weighted by Crippen LogP contribution is 2.26. The van der Waals surface area contributed by atoms with E-state index >= 15 is 0 Å². The van der Waals surface area contributed by atoms with Gasteiger partial charge in [-0.05, 0) is 25.1 Å². The summed E-state index contributed by atoms with van der Waals surface area (Å²) in [6.45, 7) is 1.33. The van der Waals surface area contributed by atoms with Crippen molar-refractivity contribution < 1.29 is 13.2 Å². The van der Waals surface area contributed by atoms with Gasteiger partial charge in [-0.25, -0.2) is 8.42 Å². The number of nitrogen functional groups attached to an aromatic ring is 1. The molecule has 0 aliphatic carbocycles. The Morgan fingerprint density at radius 1 is 1.47 bits per heavy atom. The second kappa shape index (κ2) is 5.05. The summed E-state index contributed by atoms with van der Waals surface area (Å²) < 4.78 is 24.9. The predicted octanol–water partition coefficient (Wildman–Crippen LogP) is 0.939. The molecule has 1 atom stereocenters. The topological polar surface area (TPSA) is 89.3 Å². The van der Waals surface area contributed by atoms with Gasteiger partial charge >= 0.3 is 0 Å². The molecule has 3 N–H and O–H groups in total. The van der Waals surface area contributed by atoms with Gasteiger partial charge in [0.1, 0.15) is 5.25 Å². The highest BCUT2D eigenvalue weighted by Gasteiger charge is 2.30. The van der Waals surface area contributed by atoms with Crippen molar-refractivity contribution >= 4 is 37.4 Å². The van der Waals surface area contributed by atoms with Gasteiger partial charge in [0.2, 0.25) is 5.91 Å². The summed E-state index contributed by atoms with van der Waals surface area (Å²) in [5, 5.41) is 1.13. The van der Waals surface area contributed by atoms with Crippen LogP contribution in [-0.2, 0) is 14.6 Å². The summed E-state index contributed by atoms with van der Waals surface area (Å²) in [7, 11) is -2.38. The molecule has 94 valence electrons. The Labute approximate surface area is 108 Å². The smallest absolute Gasteiger partial charge is 0.238 e. The van der Waals surface area contributed by atoms with E-state index in [2.05, 4.69) is 21.2 Å². The molecular formula is C10H13BrN2O3S. The van der Waals surface area contributed by atoms with Crippen LogP contribution in [0.4, 0.5) is 5.69 Å². The number of halogens is 1. The van der Waals surface area contributed by atoms with Crippen LogP contribution in [0.5, 0.6) is 0 Å². The molecule has 0 spiro atoms. The van der Waals surface area contributed by atoms with Crippen molar-refractivity contribution in [3.8, 4) is 0 Å². The highest BCUT2D eigenvalue weighted by molar-refractivity contribution is 9.10. The van der Waals surface area contributed by atoms with Crippen molar-refractivity contribution in [3.63, 3.8) is 0 Å². The summed E-state index contributed by atoms with van der Waals surface area (Å²) in [6.07, 6.45) is 0. The Bertz CT molecular complexity index is 542. The molecule has 0 bridgehead atoms. The van der Waals surface area contributed by atoms with Gasteiger partial charge in [0, 0.05) is 11.5 Å². The number of hydrogen-bond acceptors (Lipinski definition) is 4. The molecule has 1 amide bonds. The number of hydrogen-bond donors (Lipinski definition) is 2. The summed E-state index contributed by atoms with van der Waals surface area (Å²) >= 11 is 3.17. The van der Waals surface area contributed by atoms with Gasteiger partial charge in [0.15, 0.2) is 9.84 Å². The normalized spacial score (nSPS) is 13.1. The quantitative estimate of drug-likeness (QED) is 0.811. The minimum absolute atomic E-state index is 0.0389. The van der Waals surface area contributed by atoms with Gasteiger partial charge in [-0.2, -0.15) is 0 Å². The van der Waals surface area contributed by atoms with E-state index in [1.54, 1.807) is 6.07 Å². The number of anilines is 1. The molecule has 1 aromatic rings. The Hall–Kier alpha value is -1.08. The van der Waals surface area contributed by atoms with E-state index in [1.807, 2.05) is 0 Å². The number of benzene rings is 1. The largest absolute Gasteiger partial charge is 0.398 e. The molecule has 0 aliphatic heterocycles. The molecule has 1 rings (SSSR count). The van der Waals surface area contributed by atoms with Crippen LogP contribution in [0.3, 0.4) is 0 Å². The lowest BCUT2D eigenvalue weighted by atomic mass is 10.3. The molecule has 0 aromatic heterocycles. The van der Waals surface area contributed by atoms with E-state index in [0.717, 1.165) is 0 Å². The number of nitrogens with one attached hydrogen (secondary N) is 1. The zero-order chi connectivity index (χ0) is 13.2. The summed E-state index contributed by atoms with van der Waals surface area (Å²) in [5.74, 6) is -0.565. The van der Waals surface area contributed by atoms with Crippen LogP contribution in [-0.4, -0.2) is 26.6 Å². The van der Waals surface area contributed by atoms with E-state index < -0.39 is 21.0 Å². The third-order valence-electron chi connectivity index (χ3n) is 2.36. The average Bonchev–Trinajstić information content (AvgIpc) is 2.30. The summed E-state index contributed by atoms with van der Waals surface area (Å²) in [4.78, 5) is 11.3. The number of nitrogens with two attached hydrogens (primary N) is 1. The van der Waals surface area contributed by atoms with Crippen LogP contribution in [0.25, 0.3) is 0 Å². The van der Waals surface area contributed by atoms with Gasteiger partial charge in [-0.1, -0.05) is 15.9 Å². The molecule has 17 heavy (non-hydrogen) atoms. The zero-order valence-corrected chi connectivity index (χ0v) is 11.8. The van der Waals surface area contributed by atoms with E-state index in [0.29, 0.717) is 4.47 Å². The third-order valence-corrected chi connectivity index (χ3v) is 4.97. The van der Waals surface area contributed by atoms with Crippen LogP contribution >= 0.6 is 15.9 Å². The molecule has 0 aliphatic rings. The maximum atomic E-state index is 12.1. The first-order valence-corrected chi connectivity index (χ1v) is 7.15. The zero-order valence-electron chi connectivity index (χ0n) is 9.40. The first-order valence-electron chi connectivity index (χ1n) is 4.81. The fourth-order valence-electron chi connectivity index (χ4n) is 1.29. The summed E-state index contributed by atoms with van der Waals surface area (Å²) in [5.41, 5.74) is 5.75. The van der Waals surface area contributed by atoms with Crippen molar-refractivity contribution in [1.29, 1.82) is 0 Å². The predicted molar refractivity (Wildman–Crippen MR) is 69.3 cm³/mol. The standard InChI is InChI=1S/C10H13BrN2O3S/c1-6(10(14)13-2)17(15,16)9-5-7(11)3-4-8(9)12/h3-6H,12H2,1-2H3,(H,13,14). The molecule has 5 nitrogen and oxygen atoms in total. The second-order valence-corrected chi connectivity index (χ2v) is 6.64. The Kier molecular flexibility index (Phi) is 4.16. The third kappa shape index (κ3) is 2.78. The lowest BCUT2D eigenvalue weighted by Crippen LogP contribution is -2.36. The number of carbonyl (C=O) groups excluding carboxylic acids is 1. The lowest BCUT2D eigenvalue weighted by Gasteiger charge is -2.13. The fourth-order valence-corrected chi connectivity index (χ4v) is 3.27. The average molecular weight is 321 g/mol. The Morgan fingerprint density at radius 2 is 2.06 bits per heavy atom. The van der Waals surface area contributed by atoms with Crippen molar-refractivity contribution in [1.82, 2.24) is 5.32 Å². The second-order valence-electron chi connectivity index (χ2n) is 3.48. The molecule has 0 fully saturated rings. The van der Waals surface area contributed by atoms with Crippen LogP contribution < -0.4 is 11.1 Å². The fraction of sp³-hybridized carbons (Fsp3) is 0.300. The first-order chi connectivity index (χ1) is 7.80. The van der Waals surface area contributed by atoms with E-state index in [9.17, 15) is 13.2 Å². The molecule has 0 radical (unpaired) electrons. The first kappa shape index (κ1) is 14.0. The number of sulfone groups is 1. The van der Waals surface area contributed by atoms with Crippen molar-refractivity contribution in [2.45, 2.75) is 17.1 Å². The van der Waals surface area contributed by atoms with Crippen molar-refractivity contribution in [2.24, 2.45) is 0 Å². The van der Waals surface area contributed by atoms with Crippen molar-refractivity contribution in [3.05, 3.63) is 22.7 Å². The van der Waals surface area contributed by atoms with Crippen molar-refractivity contribution in [2.75, 3.05) is 12.8 Å². The number of amides is 1. The van der Waals surface area contributed by atoms with Gasteiger partial charge in [0.25, 0.3) is 0 Å². The van der Waals surface area contributed by atoms with Gasteiger partial charge in [-0.15, -0.1) is 0 Å². The van der Waals surface area contributed by atoms with Crippen LogP contribution in [0.15, 0.2) is 27.6 Å². The van der Waals surface area contributed by atoms with Gasteiger partial charge in [-0.3, -0.25) is 4.79 Å². The Morgan fingerprint density at radius 3 is 2.59 bits per heavy atom. The molecule has 0 saturated carbocycles. The molecular weight excluding hydrogens is 308 g/mol. The maximum Gasteiger partial charge on any atom is 0.238 e. The molecule has 0 saturated heterocycles. The molecule has 1 aromatic carbocycles. The van der Waals surface area contributed by atoms with Crippen LogP contribution in [0.1, 0.15) is 6.92 Å². The van der Waals surface area contributed by atoms with E-state index in [4.69, 9.17) is 5.73 Å². The van der Waals surface area contributed by atoms with Gasteiger partial charge in [0.05, 0.1) is 10.6 Å². The lowest BCUT2D eigenvalue weighted by molar-refractivity contribution is -0.119. The molecule has 7 heteroatoms. The van der Waals surface area contributed by atoms with E-state index in [-0.39, 0.29) is 10.6 Å². The minimum Gasteiger partial charge on any atom is -0.398 e. The minimum atomic E-state index is -3.77. The van der Waals surface area contributed by atoms with Crippen LogP contribution in [0, 0.1) is 0 Å². The highest BCUT2D eigenvalue weighted by atomic mass is 79.9. The Balaban J connectivity index is 3.31. The number of rotatable bonds is 3. The van der Waals surface area contributed by atoms with E-state index in [1.165, 1.54) is 26.1 Å².